The first-order chi connectivity index (χ1) is 8.70. The number of halogens is 1. The van der Waals surface area contributed by atoms with Gasteiger partial charge in [-0.15, -0.1) is 11.8 Å². The fraction of sp³-hybridized carbons (Fsp3) is 0.308. The van der Waals surface area contributed by atoms with Crippen LogP contribution in [0.4, 0.5) is 0 Å². The molecular weight excluding hydrogens is 266 g/mol. The number of aromatic nitrogens is 2. The standard InChI is InChI=1S/C13H16ClN3S/c1-2-17-13(7-8-16-17)12(15)9-18-11-5-3-10(14)4-6-11/h3-8,12H,2,9,15H2,1H3. The second kappa shape index (κ2) is 6.27. The molecule has 0 saturated carbocycles. The van der Waals surface area contributed by atoms with Crippen LogP contribution in [0.15, 0.2) is 41.4 Å². The summed E-state index contributed by atoms with van der Waals surface area (Å²) in [4.78, 5) is 1.18. The molecule has 0 aliphatic heterocycles. The average Bonchev–Trinajstić information content (AvgIpc) is 2.86. The molecule has 18 heavy (non-hydrogen) atoms. The van der Waals surface area contributed by atoms with Crippen molar-refractivity contribution in [3.63, 3.8) is 0 Å². The van der Waals surface area contributed by atoms with Gasteiger partial charge in [0.2, 0.25) is 0 Å². The molecule has 0 amide bonds. The highest BCUT2D eigenvalue weighted by atomic mass is 35.5. The summed E-state index contributed by atoms with van der Waals surface area (Å²) in [6, 6.07) is 9.79. The monoisotopic (exact) mass is 281 g/mol. The van der Waals surface area contributed by atoms with Crippen LogP contribution in [-0.2, 0) is 6.54 Å². The molecule has 96 valence electrons. The van der Waals surface area contributed by atoms with Gasteiger partial charge in [-0.25, -0.2) is 0 Å². The van der Waals surface area contributed by atoms with Crippen LogP contribution in [0.1, 0.15) is 18.7 Å². The summed E-state index contributed by atoms with van der Waals surface area (Å²) >= 11 is 7.58. The van der Waals surface area contributed by atoms with Crippen molar-refractivity contribution in [2.24, 2.45) is 5.73 Å². The zero-order chi connectivity index (χ0) is 13.0. The first-order valence-corrected chi connectivity index (χ1v) is 7.22. The number of thioether (sulfide) groups is 1. The maximum Gasteiger partial charge on any atom is 0.0562 e. The Morgan fingerprint density at radius 3 is 2.72 bits per heavy atom. The van der Waals surface area contributed by atoms with Crippen molar-refractivity contribution in [1.29, 1.82) is 0 Å². The van der Waals surface area contributed by atoms with Gasteiger partial charge in [-0.2, -0.15) is 5.10 Å². The summed E-state index contributed by atoms with van der Waals surface area (Å²) in [5.74, 6) is 0.827. The van der Waals surface area contributed by atoms with E-state index in [1.165, 1.54) is 4.90 Å². The second-order valence-corrected chi connectivity index (χ2v) is 5.47. The van der Waals surface area contributed by atoms with Crippen molar-refractivity contribution in [2.45, 2.75) is 24.4 Å². The molecule has 1 aromatic heterocycles. The predicted molar refractivity (Wildman–Crippen MR) is 77.0 cm³/mol. The van der Waals surface area contributed by atoms with E-state index < -0.39 is 0 Å². The highest BCUT2D eigenvalue weighted by Gasteiger charge is 2.11. The van der Waals surface area contributed by atoms with E-state index in [-0.39, 0.29) is 6.04 Å². The fourth-order valence-corrected chi connectivity index (χ4v) is 2.72. The molecule has 1 atom stereocenters. The van der Waals surface area contributed by atoms with Crippen LogP contribution in [-0.4, -0.2) is 15.5 Å². The lowest BCUT2D eigenvalue weighted by Gasteiger charge is -2.13. The lowest BCUT2D eigenvalue weighted by atomic mass is 10.2. The SMILES string of the molecule is CCn1nccc1C(N)CSc1ccc(Cl)cc1. The fourth-order valence-electron chi connectivity index (χ4n) is 1.72. The van der Waals surface area contributed by atoms with Gasteiger partial charge in [0.1, 0.15) is 0 Å². The van der Waals surface area contributed by atoms with Gasteiger partial charge in [0, 0.05) is 28.4 Å². The topological polar surface area (TPSA) is 43.8 Å². The van der Waals surface area contributed by atoms with Crippen molar-refractivity contribution in [3.8, 4) is 0 Å². The normalized spacial score (nSPS) is 12.6. The van der Waals surface area contributed by atoms with E-state index in [1.54, 1.807) is 18.0 Å². The largest absolute Gasteiger partial charge is 0.322 e. The molecule has 0 radical (unpaired) electrons. The van der Waals surface area contributed by atoms with E-state index in [4.69, 9.17) is 17.3 Å². The zero-order valence-corrected chi connectivity index (χ0v) is 11.8. The zero-order valence-electron chi connectivity index (χ0n) is 10.2. The predicted octanol–water partition coefficient (Wildman–Crippen LogP) is 3.35. The number of rotatable bonds is 5. The Bertz CT molecular complexity index is 495. The Kier molecular flexibility index (Phi) is 4.69. The van der Waals surface area contributed by atoms with Crippen LogP contribution in [0.25, 0.3) is 0 Å². The lowest BCUT2D eigenvalue weighted by molar-refractivity contribution is 0.593. The van der Waals surface area contributed by atoms with Gasteiger partial charge in [0.15, 0.2) is 0 Å². The van der Waals surface area contributed by atoms with Gasteiger partial charge >= 0.3 is 0 Å². The van der Waals surface area contributed by atoms with Gasteiger partial charge in [-0.3, -0.25) is 4.68 Å². The third kappa shape index (κ3) is 3.28. The van der Waals surface area contributed by atoms with Crippen LogP contribution in [0.3, 0.4) is 0 Å². The van der Waals surface area contributed by atoms with Crippen molar-refractivity contribution in [2.75, 3.05) is 5.75 Å². The van der Waals surface area contributed by atoms with Crippen LogP contribution in [0.2, 0.25) is 5.02 Å². The van der Waals surface area contributed by atoms with Gasteiger partial charge in [0.05, 0.1) is 11.7 Å². The molecule has 3 nitrogen and oxygen atoms in total. The molecule has 2 aromatic rings. The number of nitrogens with zero attached hydrogens (tertiary/aromatic N) is 2. The van der Waals surface area contributed by atoms with Gasteiger partial charge in [-0.1, -0.05) is 11.6 Å². The van der Waals surface area contributed by atoms with E-state index in [0.29, 0.717) is 0 Å². The minimum atomic E-state index is -0.00636. The molecular formula is C13H16ClN3S. The Balaban J connectivity index is 1.96. The van der Waals surface area contributed by atoms with Crippen LogP contribution in [0.5, 0.6) is 0 Å². The van der Waals surface area contributed by atoms with Crippen molar-refractivity contribution >= 4 is 23.4 Å². The highest BCUT2D eigenvalue weighted by Crippen LogP contribution is 2.24. The van der Waals surface area contributed by atoms with Crippen LogP contribution in [0, 0.1) is 0 Å². The second-order valence-electron chi connectivity index (χ2n) is 3.94. The maximum atomic E-state index is 6.19. The van der Waals surface area contributed by atoms with E-state index in [9.17, 15) is 0 Å². The number of hydrogen-bond donors (Lipinski definition) is 1. The first-order valence-electron chi connectivity index (χ1n) is 5.86. The molecule has 5 heteroatoms. The molecule has 2 rings (SSSR count). The van der Waals surface area contributed by atoms with Crippen LogP contribution < -0.4 is 5.73 Å². The van der Waals surface area contributed by atoms with Gasteiger partial charge < -0.3 is 5.73 Å². The molecule has 0 aliphatic carbocycles. The third-order valence-electron chi connectivity index (χ3n) is 2.67. The number of hydrogen-bond acceptors (Lipinski definition) is 3. The molecule has 1 heterocycles. The summed E-state index contributed by atoms with van der Waals surface area (Å²) in [5, 5.41) is 4.99. The van der Waals surface area contributed by atoms with E-state index in [2.05, 4.69) is 12.0 Å². The Hall–Kier alpha value is -0.970. The molecule has 1 aromatic carbocycles. The molecule has 0 saturated heterocycles. The van der Waals surface area contributed by atoms with Gasteiger partial charge in [-0.05, 0) is 37.3 Å². The first kappa shape index (κ1) is 13.5. The summed E-state index contributed by atoms with van der Waals surface area (Å²) < 4.78 is 1.94. The molecule has 0 aliphatic rings. The van der Waals surface area contributed by atoms with E-state index in [1.807, 2.05) is 35.0 Å². The molecule has 0 bridgehead atoms. The smallest absolute Gasteiger partial charge is 0.0562 e. The Labute approximate surface area is 116 Å². The minimum absolute atomic E-state index is 0.00636. The quantitative estimate of drug-likeness (QED) is 0.855. The van der Waals surface area contributed by atoms with Crippen LogP contribution >= 0.6 is 23.4 Å². The number of aryl methyl sites for hydroxylation is 1. The molecule has 0 spiro atoms. The number of nitrogens with two attached hydrogens (primary N) is 1. The molecule has 2 N–H and O–H groups in total. The average molecular weight is 282 g/mol. The van der Waals surface area contributed by atoms with E-state index >= 15 is 0 Å². The maximum absolute atomic E-state index is 6.19. The number of benzene rings is 1. The minimum Gasteiger partial charge on any atom is -0.322 e. The Morgan fingerprint density at radius 2 is 2.06 bits per heavy atom. The highest BCUT2D eigenvalue weighted by molar-refractivity contribution is 7.99. The van der Waals surface area contributed by atoms with Crippen molar-refractivity contribution in [1.82, 2.24) is 9.78 Å². The molecule has 0 fully saturated rings. The summed E-state index contributed by atoms with van der Waals surface area (Å²) in [6.07, 6.45) is 1.80. The van der Waals surface area contributed by atoms with Crippen molar-refractivity contribution in [3.05, 3.63) is 47.2 Å². The molecule has 1 unspecified atom stereocenters. The summed E-state index contributed by atoms with van der Waals surface area (Å²) in [7, 11) is 0. The summed E-state index contributed by atoms with van der Waals surface area (Å²) in [6.45, 7) is 2.91. The lowest BCUT2D eigenvalue weighted by Crippen LogP contribution is -2.18. The Morgan fingerprint density at radius 1 is 1.33 bits per heavy atom. The van der Waals surface area contributed by atoms with E-state index in [0.717, 1.165) is 23.0 Å². The third-order valence-corrected chi connectivity index (χ3v) is 4.06. The van der Waals surface area contributed by atoms with Gasteiger partial charge in [0.25, 0.3) is 0 Å². The summed E-state index contributed by atoms with van der Waals surface area (Å²) in [5.41, 5.74) is 7.27. The van der Waals surface area contributed by atoms with Crippen molar-refractivity contribution < 1.29 is 0 Å².